The van der Waals surface area contributed by atoms with E-state index < -0.39 is 0 Å². The van der Waals surface area contributed by atoms with Crippen molar-refractivity contribution in [1.82, 2.24) is 4.90 Å². The SMILES string of the molecule is CCCCOC(=O)N(C)CCl. The Labute approximate surface area is 72.3 Å². The highest BCUT2D eigenvalue weighted by molar-refractivity contribution is 6.18. The number of carbonyl (C=O) groups excluding carboxylic acids is 1. The molecular formula is C7H14ClNO2. The average molecular weight is 180 g/mol. The molecule has 0 spiro atoms. The molecule has 0 radical (unpaired) electrons. The van der Waals surface area contributed by atoms with Gasteiger partial charge < -0.3 is 4.74 Å². The van der Waals surface area contributed by atoms with E-state index in [1.54, 1.807) is 7.05 Å². The number of halogens is 1. The van der Waals surface area contributed by atoms with Crippen LogP contribution in [0.4, 0.5) is 4.79 Å². The third-order valence-corrected chi connectivity index (χ3v) is 1.57. The largest absolute Gasteiger partial charge is 0.449 e. The number of hydrogen-bond donors (Lipinski definition) is 0. The number of nitrogens with zero attached hydrogens (tertiary/aromatic N) is 1. The Morgan fingerprint density at radius 3 is 2.73 bits per heavy atom. The first-order chi connectivity index (χ1) is 5.22. The molecular weight excluding hydrogens is 166 g/mol. The summed E-state index contributed by atoms with van der Waals surface area (Å²) in [7, 11) is 1.60. The van der Waals surface area contributed by atoms with Gasteiger partial charge in [0.05, 0.1) is 12.6 Å². The Bertz CT molecular complexity index is 119. The zero-order chi connectivity index (χ0) is 8.69. The predicted molar refractivity (Wildman–Crippen MR) is 44.7 cm³/mol. The molecule has 0 heterocycles. The van der Waals surface area contributed by atoms with Crippen LogP contribution in [0.25, 0.3) is 0 Å². The Morgan fingerprint density at radius 1 is 1.64 bits per heavy atom. The summed E-state index contributed by atoms with van der Waals surface area (Å²) in [6.45, 7) is 2.52. The quantitative estimate of drug-likeness (QED) is 0.376. The van der Waals surface area contributed by atoms with E-state index in [9.17, 15) is 4.79 Å². The Kier molecular flexibility index (Phi) is 6.03. The lowest BCUT2D eigenvalue weighted by molar-refractivity contribution is 0.115. The first-order valence-electron chi connectivity index (χ1n) is 3.66. The summed E-state index contributed by atoms with van der Waals surface area (Å²) in [5.74, 6) is 0. The van der Waals surface area contributed by atoms with Crippen molar-refractivity contribution in [1.29, 1.82) is 0 Å². The van der Waals surface area contributed by atoms with Crippen molar-refractivity contribution in [3.8, 4) is 0 Å². The van der Waals surface area contributed by atoms with Gasteiger partial charge in [0, 0.05) is 7.05 Å². The molecule has 3 nitrogen and oxygen atoms in total. The van der Waals surface area contributed by atoms with E-state index in [2.05, 4.69) is 0 Å². The highest BCUT2D eigenvalue weighted by Gasteiger charge is 2.06. The van der Waals surface area contributed by atoms with E-state index in [1.165, 1.54) is 4.90 Å². The van der Waals surface area contributed by atoms with Crippen molar-refractivity contribution in [3.63, 3.8) is 0 Å². The van der Waals surface area contributed by atoms with E-state index >= 15 is 0 Å². The van der Waals surface area contributed by atoms with Gasteiger partial charge in [0.2, 0.25) is 0 Å². The van der Waals surface area contributed by atoms with Crippen LogP contribution in [0.15, 0.2) is 0 Å². The minimum absolute atomic E-state index is 0.172. The third-order valence-electron chi connectivity index (χ3n) is 1.21. The Morgan fingerprint density at radius 2 is 2.27 bits per heavy atom. The Hall–Kier alpha value is -0.440. The minimum Gasteiger partial charge on any atom is -0.449 e. The second-order valence-electron chi connectivity index (χ2n) is 2.29. The fraction of sp³-hybridized carbons (Fsp3) is 0.857. The molecule has 0 fully saturated rings. The molecule has 0 rings (SSSR count). The van der Waals surface area contributed by atoms with Crippen LogP contribution in [-0.4, -0.2) is 30.7 Å². The zero-order valence-corrected chi connectivity index (χ0v) is 7.73. The molecule has 0 atom stereocenters. The van der Waals surface area contributed by atoms with Crippen molar-refractivity contribution >= 4 is 17.7 Å². The molecule has 0 aromatic rings. The maximum atomic E-state index is 10.9. The molecule has 66 valence electrons. The molecule has 0 N–H and O–H groups in total. The fourth-order valence-corrected chi connectivity index (χ4v) is 0.560. The van der Waals surface area contributed by atoms with Gasteiger partial charge in [-0.1, -0.05) is 13.3 Å². The Balaban J connectivity index is 3.36. The summed E-state index contributed by atoms with van der Waals surface area (Å²) in [5.41, 5.74) is 0. The van der Waals surface area contributed by atoms with Crippen molar-refractivity contribution in [3.05, 3.63) is 0 Å². The number of rotatable bonds is 4. The van der Waals surface area contributed by atoms with Crippen LogP contribution in [0.5, 0.6) is 0 Å². The standard InChI is InChI=1S/C7H14ClNO2/c1-3-4-5-11-7(10)9(2)6-8/h3-6H2,1-2H3. The molecule has 11 heavy (non-hydrogen) atoms. The van der Waals surface area contributed by atoms with Crippen LogP contribution in [-0.2, 0) is 4.74 Å². The van der Waals surface area contributed by atoms with Gasteiger partial charge in [-0.2, -0.15) is 0 Å². The zero-order valence-electron chi connectivity index (χ0n) is 6.97. The van der Waals surface area contributed by atoms with Gasteiger partial charge in [0.15, 0.2) is 0 Å². The molecule has 0 saturated carbocycles. The van der Waals surface area contributed by atoms with Crippen molar-refractivity contribution < 1.29 is 9.53 Å². The van der Waals surface area contributed by atoms with E-state index in [0.717, 1.165) is 12.8 Å². The molecule has 0 bridgehead atoms. The lowest BCUT2D eigenvalue weighted by Crippen LogP contribution is -2.26. The van der Waals surface area contributed by atoms with E-state index in [1.807, 2.05) is 6.92 Å². The predicted octanol–water partition coefficient (Wildman–Crippen LogP) is 2.05. The number of alkyl halides is 1. The first kappa shape index (κ1) is 10.6. The minimum atomic E-state index is -0.353. The monoisotopic (exact) mass is 179 g/mol. The normalized spacial score (nSPS) is 9.36. The van der Waals surface area contributed by atoms with Gasteiger partial charge >= 0.3 is 6.09 Å². The van der Waals surface area contributed by atoms with Gasteiger partial charge in [0.25, 0.3) is 0 Å². The molecule has 0 aromatic carbocycles. The smallest absolute Gasteiger partial charge is 0.410 e. The van der Waals surface area contributed by atoms with Gasteiger partial charge in [-0.05, 0) is 6.42 Å². The molecule has 1 amide bonds. The summed E-state index contributed by atoms with van der Waals surface area (Å²) in [6.07, 6.45) is 1.58. The second-order valence-corrected chi connectivity index (χ2v) is 2.52. The highest BCUT2D eigenvalue weighted by Crippen LogP contribution is 1.94. The van der Waals surface area contributed by atoms with Crippen LogP contribution in [0, 0.1) is 0 Å². The van der Waals surface area contributed by atoms with Gasteiger partial charge in [-0.25, -0.2) is 4.79 Å². The summed E-state index contributed by atoms with van der Waals surface area (Å²) >= 11 is 5.38. The van der Waals surface area contributed by atoms with E-state index in [4.69, 9.17) is 16.3 Å². The van der Waals surface area contributed by atoms with Crippen molar-refractivity contribution in [2.45, 2.75) is 19.8 Å². The van der Waals surface area contributed by atoms with Crippen LogP contribution >= 0.6 is 11.6 Å². The molecule has 0 aromatic heterocycles. The molecule has 0 unspecified atom stereocenters. The lowest BCUT2D eigenvalue weighted by atomic mass is 10.4. The highest BCUT2D eigenvalue weighted by atomic mass is 35.5. The maximum absolute atomic E-state index is 10.9. The van der Waals surface area contributed by atoms with E-state index in [-0.39, 0.29) is 12.1 Å². The average Bonchev–Trinajstić information content (AvgIpc) is 2.03. The van der Waals surface area contributed by atoms with Crippen LogP contribution in [0.2, 0.25) is 0 Å². The first-order valence-corrected chi connectivity index (χ1v) is 4.19. The second kappa shape index (κ2) is 6.28. The molecule has 0 aliphatic heterocycles. The molecule has 0 aliphatic carbocycles. The molecule has 0 saturated heterocycles. The summed E-state index contributed by atoms with van der Waals surface area (Å²) in [4.78, 5) is 12.2. The van der Waals surface area contributed by atoms with Crippen LogP contribution in [0.3, 0.4) is 0 Å². The third kappa shape index (κ3) is 4.90. The van der Waals surface area contributed by atoms with E-state index in [0.29, 0.717) is 6.61 Å². The molecule has 0 aliphatic rings. The topological polar surface area (TPSA) is 29.5 Å². The van der Waals surface area contributed by atoms with Crippen molar-refractivity contribution in [2.75, 3.05) is 19.7 Å². The maximum Gasteiger partial charge on any atom is 0.410 e. The summed E-state index contributed by atoms with van der Waals surface area (Å²) < 4.78 is 4.84. The fourth-order valence-electron chi connectivity index (χ4n) is 0.463. The van der Waals surface area contributed by atoms with Crippen molar-refractivity contribution in [2.24, 2.45) is 0 Å². The number of hydrogen-bond acceptors (Lipinski definition) is 2. The number of unbranched alkanes of at least 4 members (excludes halogenated alkanes) is 1. The number of carbonyl (C=O) groups is 1. The summed E-state index contributed by atoms with van der Waals surface area (Å²) in [5, 5.41) is 0. The van der Waals surface area contributed by atoms with Gasteiger partial charge in [-0.3, -0.25) is 4.90 Å². The molecule has 4 heteroatoms. The number of amides is 1. The van der Waals surface area contributed by atoms with Gasteiger partial charge in [-0.15, -0.1) is 11.6 Å². The number of ether oxygens (including phenoxy) is 1. The van der Waals surface area contributed by atoms with Crippen LogP contribution in [0.1, 0.15) is 19.8 Å². The van der Waals surface area contributed by atoms with Gasteiger partial charge in [0.1, 0.15) is 0 Å². The van der Waals surface area contributed by atoms with Crippen LogP contribution < -0.4 is 0 Å². The summed E-state index contributed by atoms with van der Waals surface area (Å²) in [6, 6.07) is 0.172. The lowest BCUT2D eigenvalue weighted by Gasteiger charge is -2.12.